The van der Waals surface area contributed by atoms with Crippen LogP contribution in [0.15, 0.2) is 60.2 Å². The van der Waals surface area contributed by atoms with Crippen molar-refractivity contribution in [3.63, 3.8) is 0 Å². The van der Waals surface area contributed by atoms with E-state index in [-0.39, 0.29) is 11.3 Å². The number of nitro benzene ring substituents is 1. The van der Waals surface area contributed by atoms with E-state index < -0.39 is 10.8 Å². The van der Waals surface area contributed by atoms with Crippen LogP contribution in [0.1, 0.15) is 10.4 Å². The summed E-state index contributed by atoms with van der Waals surface area (Å²) < 4.78 is 1.96. The summed E-state index contributed by atoms with van der Waals surface area (Å²) in [6.45, 7) is 0. The molecular formula is C19H15N5O3S. The molecule has 0 spiro atoms. The van der Waals surface area contributed by atoms with Crippen molar-refractivity contribution in [1.82, 2.24) is 9.38 Å². The van der Waals surface area contributed by atoms with E-state index in [1.165, 1.54) is 18.2 Å². The van der Waals surface area contributed by atoms with Crippen LogP contribution < -0.4 is 10.6 Å². The quantitative estimate of drug-likeness (QED) is 0.390. The maximum atomic E-state index is 12.6. The van der Waals surface area contributed by atoms with Crippen molar-refractivity contribution >= 4 is 39.3 Å². The van der Waals surface area contributed by atoms with Crippen LogP contribution in [0.3, 0.4) is 0 Å². The zero-order valence-electron chi connectivity index (χ0n) is 14.7. The van der Waals surface area contributed by atoms with Crippen molar-refractivity contribution in [2.24, 2.45) is 0 Å². The molecule has 0 unspecified atom stereocenters. The molecule has 8 nitrogen and oxygen atoms in total. The number of fused-ring (bicyclic) bond motifs is 1. The number of thiazole rings is 1. The molecule has 0 aliphatic heterocycles. The molecule has 1 amide bonds. The number of aromatic nitrogens is 2. The van der Waals surface area contributed by atoms with Crippen LogP contribution in [-0.4, -0.2) is 27.3 Å². The zero-order chi connectivity index (χ0) is 19.7. The van der Waals surface area contributed by atoms with Crippen molar-refractivity contribution in [3.05, 3.63) is 75.9 Å². The topological polar surface area (TPSA) is 102 Å². The molecular weight excluding hydrogens is 378 g/mol. The van der Waals surface area contributed by atoms with Gasteiger partial charge < -0.3 is 10.6 Å². The van der Waals surface area contributed by atoms with Gasteiger partial charge in [0.2, 0.25) is 0 Å². The van der Waals surface area contributed by atoms with Crippen LogP contribution in [-0.2, 0) is 0 Å². The number of hydrogen-bond acceptors (Lipinski definition) is 6. The van der Waals surface area contributed by atoms with Crippen molar-refractivity contribution in [3.8, 4) is 11.3 Å². The van der Waals surface area contributed by atoms with E-state index in [1.54, 1.807) is 30.5 Å². The average Bonchev–Trinajstić information content (AvgIpc) is 3.30. The molecule has 2 aromatic carbocycles. The summed E-state index contributed by atoms with van der Waals surface area (Å²) in [7, 11) is 1.66. The number of nitrogens with one attached hydrogen (secondary N) is 2. The Kier molecular flexibility index (Phi) is 4.50. The van der Waals surface area contributed by atoms with Gasteiger partial charge in [0.05, 0.1) is 16.2 Å². The van der Waals surface area contributed by atoms with E-state index in [1.807, 2.05) is 34.3 Å². The third kappa shape index (κ3) is 3.30. The summed E-state index contributed by atoms with van der Waals surface area (Å²) in [6.07, 6.45) is 3.89. The molecule has 0 atom stereocenters. The lowest BCUT2D eigenvalue weighted by Crippen LogP contribution is -2.14. The summed E-state index contributed by atoms with van der Waals surface area (Å²) in [5.74, 6) is -0.427. The van der Waals surface area contributed by atoms with Crippen molar-refractivity contribution in [2.75, 3.05) is 17.7 Å². The molecule has 9 heteroatoms. The Bertz CT molecular complexity index is 1150. The Morgan fingerprint density at radius 3 is 2.68 bits per heavy atom. The molecule has 0 fully saturated rings. The SMILES string of the molecule is CNc1ccc([N+](=O)[O-])cc1C(=O)Nc1ccc(-c2cn3ccsc3n2)cc1. The molecule has 0 saturated carbocycles. The fourth-order valence-corrected chi connectivity index (χ4v) is 3.54. The Morgan fingerprint density at radius 2 is 2.00 bits per heavy atom. The highest BCUT2D eigenvalue weighted by Gasteiger charge is 2.16. The second-order valence-electron chi connectivity index (χ2n) is 5.99. The normalized spacial score (nSPS) is 10.8. The third-order valence-electron chi connectivity index (χ3n) is 4.26. The highest BCUT2D eigenvalue weighted by atomic mass is 32.1. The van der Waals surface area contributed by atoms with E-state index in [2.05, 4.69) is 15.6 Å². The highest BCUT2D eigenvalue weighted by Crippen LogP contribution is 2.25. The lowest BCUT2D eigenvalue weighted by Gasteiger charge is -2.10. The van der Waals surface area contributed by atoms with Gasteiger partial charge in [0.25, 0.3) is 11.6 Å². The van der Waals surface area contributed by atoms with Crippen LogP contribution in [0.25, 0.3) is 16.2 Å². The average molecular weight is 393 g/mol. The molecule has 0 aliphatic rings. The monoisotopic (exact) mass is 393 g/mol. The Morgan fingerprint density at radius 1 is 1.21 bits per heavy atom. The number of anilines is 2. The van der Waals surface area contributed by atoms with Crippen LogP contribution in [0.5, 0.6) is 0 Å². The number of rotatable bonds is 5. The molecule has 0 saturated heterocycles. The fourth-order valence-electron chi connectivity index (χ4n) is 2.84. The summed E-state index contributed by atoms with van der Waals surface area (Å²) in [4.78, 5) is 28.6. The number of carbonyl (C=O) groups is 1. The lowest BCUT2D eigenvalue weighted by molar-refractivity contribution is -0.384. The fraction of sp³-hybridized carbons (Fsp3) is 0.0526. The van der Waals surface area contributed by atoms with Gasteiger partial charge in [-0.15, -0.1) is 11.3 Å². The first-order valence-corrected chi connectivity index (χ1v) is 9.23. The maximum absolute atomic E-state index is 12.6. The number of benzene rings is 2. The Balaban J connectivity index is 1.56. The summed E-state index contributed by atoms with van der Waals surface area (Å²) in [6, 6.07) is 11.4. The van der Waals surface area contributed by atoms with E-state index in [0.717, 1.165) is 16.2 Å². The van der Waals surface area contributed by atoms with Gasteiger partial charge in [-0.05, 0) is 18.2 Å². The second-order valence-corrected chi connectivity index (χ2v) is 6.86. The summed E-state index contributed by atoms with van der Waals surface area (Å²) >= 11 is 1.56. The molecule has 4 aromatic rings. The van der Waals surface area contributed by atoms with Gasteiger partial charge in [0.15, 0.2) is 4.96 Å². The van der Waals surface area contributed by atoms with Crippen LogP contribution in [0, 0.1) is 10.1 Å². The van der Waals surface area contributed by atoms with Gasteiger partial charge in [0, 0.05) is 53.9 Å². The molecule has 140 valence electrons. The van der Waals surface area contributed by atoms with Crippen LogP contribution >= 0.6 is 11.3 Å². The molecule has 0 bridgehead atoms. The Labute approximate surface area is 163 Å². The standard InChI is InChI=1S/C19H15N5O3S/c1-20-16-7-6-14(24(26)27)10-15(16)18(25)21-13-4-2-12(3-5-13)17-11-23-8-9-28-19(23)22-17/h2-11,20H,1H3,(H,21,25). The van der Waals surface area contributed by atoms with Gasteiger partial charge in [-0.25, -0.2) is 4.98 Å². The predicted molar refractivity (Wildman–Crippen MR) is 109 cm³/mol. The van der Waals surface area contributed by atoms with Gasteiger partial charge in [-0.1, -0.05) is 12.1 Å². The number of nitro groups is 1. The smallest absolute Gasteiger partial charge is 0.270 e. The minimum absolute atomic E-state index is 0.140. The molecule has 2 aromatic heterocycles. The number of hydrogen-bond donors (Lipinski definition) is 2. The van der Waals surface area contributed by atoms with Crippen molar-refractivity contribution in [1.29, 1.82) is 0 Å². The van der Waals surface area contributed by atoms with Crippen molar-refractivity contribution in [2.45, 2.75) is 0 Å². The van der Waals surface area contributed by atoms with Gasteiger partial charge >= 0.3 is 0 Å². The largest absolute Gasteiger partial charge is 0.387 e. The summed E-state index contributed by atoms with van der Waals surface area (Å²) in [5.41, 5.74) is 2.94. The first-order chi connectivity index (χ1) is 13.5. The number of imidazole rings is 1. The highest BCUT2D eigenvalue weighted by molar-refractivity contribution is 7.15. The van der Waals surface area contributed by atoms with E-state index in [9.17, 15) is 14.9 Å². The number of non-ortho nitro benzene ring substituents is 1. The lowest BCUT2D eigenvalue weighted by atomic mass is 10.1. The number of carbonyl (C=O) groups excluding carboxylic acids is 1. The minimum Gasteiger partial charge on any atom is -0.387 e. The molecule has 4 rings (SSSR count). The van der Waals surface area contributed by atoms with Crippen LogP contribution in [0.4, 0.5) is 17.1 Å². The minimum atomic E-state index is -0.527. The molecule has 0 aliphatic carbocycles. The zero-order valence-corrected chi connectivity index (χ0v) is 15.6. The molecule has 28 heavy (non-hydrogen) atoms. The Hall–Kier alpha value is -3.72. The maximum Gasteiger partial charge on any atom is 0.270 e. The van der Waals surface area contributed by atoms with Crippen LogP contribution in [0.2, 0.25) is 0 Å². The van der Waals surface area contributed by atoms with Gasteiger partial charge in [-0.2, -0.15) is 0 Å². The van der Waals surface area contributed by atoms with E-state index in [4.69, 9.17) is 0 Å². The molecule has 0 radical (unpaired) electrons. The number of amides is 1. The van der Waals surface area contributed by atoms with E-state index in [0.29, 0.717) is 11.4 Å². The first-order valence-electron chi connectivity index (χ1n) is 8.35. The van der Waals surface area contributed by atoms with Crippen molar-refractivity contribution < 1.29 is 9.72 Å². The van der Waals surface area contributed by atoms with E-state index >= 15 is 0 Å². The van der Waals surface area contributed by atoms with Gasteiger partial charge in [0.1, 0.15) is 0 Å². The number of nitrogens with zero attached hydrogens (tertiary/aromatic N) is 3. The first kappa shape index (κ1) is 17.7. The second kappa shape index (κ2) is 7.12. The van der Waals surface area contributed by atoms with Gasteiger partial charge in [-0.3, -0.25) is 19.3 Å². The predicted octanol–water partition coefficient (Wildman–Crippen LogP) is 4.27. The molecule has 2 heterocycles. The third-order valence-corrected chi connectivity index (χ3v) is 5.03. The molecule has 2 N–H and O–H groups in total. The summed E-state index contributed by atoms with van der Waals surface area (Å²) in [5, 5.41) is 18.6.